The molecule has 1 heterocycles. The van der Waals surface area contributed by atoms with Gasteiger partial charge in [-0.1, -0.05) is 0 Å². The van der Waals surface area contributed by atoms with Crippen LogP contribution in [0.5, 0.6) is 17.2 Å². The normalized spacial score (nSPS) is 10.6. The number of nitrogens with one attached hydrogen (secondary N) is 1. The molecule has 0 saturated carbocycles. The molecule has 0 aliphatic carbocycles. The molecule has 1 aromatic carbocycles. The van der Waals surface area contributed by atoms with Gasteiger partial charge in [0.15, 0.2) is 11.5 Å². The molecule has 23 heavy (non-hydrogen) atoms. The second-order valence-electron chi connectivity index (χ2n) is 4.92. The van der Waals surface area contributed by atoms with Crippen LogP contribution in [0.15, 0.2) is 10.9 Å². The monoisotopic (exact) mass is 321 g/mol. The Balaban J connectivity index is 2.72. The number of methoxy groups -OCH3 is 2. The third-order valence-electron chi connectivity index (χ3n) is 3.58. The lowest BCUT2D eigenvalue weighted by Crippen LogP contribution is -2.18. The number of carbonyl (C=O) groups is 1. The Hall–Kier alpha value is -2.70. The van der Waals surface area contributed by atoms with Crippen molar-refractivity contribution in [2.75, 3.05) is 20.8 Å². The standard InChI is InChI=1S/C16H19NO6/c1-5-23-12(18)6-9-14(19)13-8(2)15(22-4)11(21-3)7-10(13)17-16(9)20/h7H,5-6H2,1-4H3,(H2,17,19,20). The number of hydrogen-bond acceptors (Lipinski definition) is 6. The van der Waals surface area contributed by atoms with E-state index in [1.54, 1.807) is 19.9 Å². The van der Waals surface area contributed by atoms with Gasteiger partial charge in [-0.05, 0) is 13.8 Å². The van der Waals surface area contributed by atoms with Gasteiger partial charge in [-0.2, -0.15) is 0 Å². The second-order valence-corrected chi connectivity index (χ2v) is 4.92. The van der Waals surface area contributed by atoms with E-state index >= 15 is 0 Å². The smallest absolute Gasteiger partial charge is 0.310 e. The van der Waals surface area contributed by atoms with Crippen LogP contribution in [0.2, 0.25) is 0 Å². The maximum Gasteiger partial charge on any atom is 0.310 e. The number of pyridine rings is 1. The highest BCUT2D eigenvalue weighted by atomic mass is 16.5. The summed E-state index contributed by atoms with van der Waals surface area (Å²) in [6, 6.07) is 1.57. The number of rotatable bonds is 5. The van der Waals surface area contributed by atoms with Gasteiger partial charge in [-0.3, -0.25) is 9.59 Å². The van der Waals surface area contributed by atoms with Crippen LogP contribution in [-0.2, 0) is 16.0 Å². The molecular weight excluding hydrogens is 302 g/mol. The average molecular weight is 321 g/mol. The predicted octanol–water partition coefficient (Wildman–Crippen LogP) is 1.66. The molecule has 0 radical (unpaired) electrons. The number of aryl methyl sites for hydroxylation is 1. The summed E-state index contributed by atoms with van der Waals surface area (Å²) in [4.78, 5) is 26.4. The highest BCUT2D eigenvalue weighted by Gasteiger charge is 2.21. The van der Waals surface area contributed by atoms with E-state index in [1.165, 1.54) is 14.2 Å². The molecular formula is C16H19NO6. The molecule has 0 bridgehead atoms. The van der Waals surface area contributed by atoms with E-state index in [4.69, 9.17) is 14.2 Å². The van der Waals surface area contributed by atoms with E-state index in [2.05, 4.69) is 4.98 Å². The lowest BCUT2D eigenvalue weighted by atomic mass is 10.0. The largest absolute Gasteiger partial charge is 0.507 e. The summed E-state index contributed by atoms with van der Waals surface area (Å²) in [5.41, 5.74) is 0.414. The number of benzene rings is 1. The van der Waals surface area contributed by atoms with Gasteiger partial charge in [0, 0.05) is 17.0 Å². The van der Waals surface area contributed by atoms with E-state index in [-0.39, 0.29) is 24.3 Å². The van der Waals surface area contributed by atoms with Gasteiger partial charge in [0.25, 0.3) is 5.56 Å². The van der Waals surface area contributed by atoms with Crippen LogP contribution in [0.3, 0.4) is 0 Å². The van der Waals surface area contributed by atoms with Crippen LogP contribution in [0.4, 0.5) is 0 Å². The average Bonchev–Trinajstić information content (AvgIpc) is 2.50. The van der Waals surface area contributed by atoms with Gasteiger partial charge in [0.05, 0.1) is 38.3 Å². The molecule has 124 valence electrons. The SMILES string of the molecule is CCOC(=O)Cc1c(O)c2c(C)c(OC)c(OC)cc2[nH]c1=O. The maximum atomic E-state index is 12.2. The second kappa shape index (κ2) is 6.60. The molecule has 7 nitrogen and oxygen atoms in total. The van der Waals surface area contributed by atoms with Crippen molar-refractivity contribution in [1.82, 2.24) is 4.98 Å². The number of fused-ring (bicyclic) bond motifs is 1. The topological polar surface area (TPSA) is 97.8 Å². The van der Waals surface area contributed by atoms with E-state index < -0.39 is 11.5 Å². The minimum absolute atomic E-state index is 0.0359. The molecule has 0 amide bonds. The van der Waals surface area contributed by atoms with Gasteiger partial charge >= 0.3 is 5.97 Å². The van der Waals surface area contributed by atoms with Gasteiger partial charge in [-0.25, -0.2) is 0 Å². The van der Waals surface area contributed by atoms with Crippen molar-refractivity contribution in [2.45, 2.75) is 20.3 Å². The summed E-state index contributed by atoms with van der Waals surface area (Å²) >= 11 is 0. The molecule has 2 aromatic rings. The molecule has 1 aromatic heterocycles. The minimum Gasteiger partial charge on any atom is -0.507 e. The lowest BCUT2D eigenvalue weighted by molar-refractivity contribution is -0.142. The Kier molecular flexibility index (Phi) is 4.78. The Labute approximate surface area is 132 Å². The molecule has 0 aliphatic heterocycles. The zero-order valence-corrected chi connectivity index (χ0v) is 13.5. The van der Waals surface area contributed by atoms with Crippen LogP contribution in [0.1, 0.15) is 18.1 Å². The van der Waals surface area contributed by atoms with Gasteiger partial charge in [0.2, 0.25) is 0 Å². The minimum atomic E-state index is -0.578. The third-order valence-corrected chi connectivity index (χ3v) is 3.58. The number of esters is 1. The first-order chi connectivity index (χ1) is 10.9. The summed E-state index contributed by atoms with van der Waals surface area (Å²) in [6.07, 6.45) is -0.307. The quantitative estimate of drug-likeness (QED) is 0.813. The summed E-state index contributed by atoms with van der Waals surface area (Å²) < 4.78 is 15.4. The molecule has 0 saturated heterocycles. The predicted molar refractivity (Wildman–Crippen MR) is 84.4 cm³/mol. The van der Waals surface area contributed by atoms with Gasteiger partial charge in [0.1, 0.15) is 5.75 Å². The highest BCUT2D eigenvalue weighted by molar-refractivity contribution is 5.93. The molecule has 0 aliphatic rings. The first kappa shape index (κ1) is 16.7. The van der Waals surface area contributed by atoms with Crippen molar-refractivity contribution < 1.29 is 24.1 Å². The Morgan fingerprint density at radius 2 is 2.00 bits per heavy atom. The maximum absolute atomic E-state index is 12.2. The Morgan fingerprint density at radius 3 is 2.57 bits per heavy atom. The van der Waals surface area contributed by atoms with Crippen LogP contribution in [0.25, 0.3) is 10.9 Å². The molecule has 7 heteroatoms. The van der Waals surface area contributed by atoms with E-state index in [0.717, 1.165) is 0 Å². The van der Waals surface area contributed by atoms with Crippen molar-refractivity contribution >= 4 is 16.9 Å². The number of aromatic amines is 1. The Bertz CT molecular complexity index is 809. The first-order valence-electron chi connectivity index (χ1n) is 7.09. The molecule has 0 unspecified atom stereocenters. The number of carbonyl (C=O) groups excluding carboxylic acids is 1. The number of aromatic hydroxyl groups is 1. The summed E-state index contributed by atoms with van der Waals surface area (Å²) in [6.45, 7) is 3.61. The number of hydrogen-bond donors (Lipinski definition) is 2. The van der Waals surface area contributed by atoms with Crippen molar-refractivity contribution in [3.05, 3.63) is 27.5 Å². The van der Waals surface area contributed by atoms with Crippen LogP contribution in [-0.4, -0.2) is 36.9 Å². The lowest BCUT2D eigenvalue weighted by Gasteiger charge is -2.15. The fourth-order valence-corrected chi connectivity index (χ4v) is 2.55. The first-order valence-corrected chi connectivity index (χ1v) is 7.09. The summed E-state index contributed by atoms with van der Waals surface area (Å²) in [5, 5.41) is 10.9. The molecule has 0 spiro atoms. The van der Waals surface area contributed by atoms with Crippen molar-refractivity contribution in [3.8, 4) is 17.2 Å². The zero-order chi connectivity index (χ0) is 17.1. The number of H-pyrrole nitrogens is 1. The van der Waals surface area contributed by atoms with Crippen LogP contribution >= 0.6 is 0 Å². The third kappa shape index (κ3) is 2.94. The molecule has 0 atom stereocenters. The highest BCUT2D eigenvalue weighted by Crippen LogP contribution is 2.39. The molecule has 0 fully saturated rings. The number of ether oxygens (including phenoxy) is 3. The van der Waals surface area contributed by atoms with Crippen LogP contribution < -0.4 is 15.0 Å². The van der Waals surface area contributed by atoms with Crippen molar-refractivity contribution in [1.29, 1.82) is 0 Å². The van der Waals surface area contributed by atoms with E-state index in [1.807, 2.05) is 0 Å². The number of aromatic nitrogens is 1. The fourth-order valence-electron chi connectivity index (χ4n) is 2.55. The van der Waals surface area contributed by atoms with E-state index in [0.29, 0.717) is 28.0 Å². The van der Waals surface area contributed by atoms with Crippen molar-refractivity contribution in [2.24, 2.45) is 0 Å². The fraction of sp³-hybridized carbons (Fsp3) is 0.375. The van der Waals surface area contributed by atoms with Gasteiger partial charge < -0.3 is 24.3 Å². The molecule has 2 rings (SSSR count). The Morgan fingerprint density at radius 1 is 1.30 bits per heavy atom. The zero-order valence-electron chi connectivity index (χ0n) is 13.5. The summed E-state index contributed by atoms with van der Waals surface area (Å²) in [7, 11) is 2.97. The van der Waals surface area contributed by atoms with Crippen molar-refractivity contribution in [3.63, 3.8) is 0 Å². The van der Waals surface area contributed by atoms with E-state index in [9.17, 15) is 14.7 Å². The molecule has 2 N–H and O–H groups in total. The van der Waals surface area contributed by atoms with Crippen LogP contribution in [0, 0.1) is 6.92 Å². The van der Waals surface area contributed by atoms with Gasteiger partial charge in [-0.15, -0.1) is 0 Å². The summed E-state index contributed by atoms with van der Waals surface area (Å²) in [5.74, 6) is 0.0520.